The summed E-state index contributed by atoms with van der Waals surface area (Å²) in [4.78, 5) is 5.94. The summed E-state index contributed by atoms with van der Waals surface area (Å²) < 4.78 is 0. The van der Waals surface area contributed by atoms with Crippen LogP contribution in [0.15, 0.2) is 4.99 Å². The molecule has 3 heteroatoms. The highest BCUT2D eigenvalue weighted by Crippen LogP contribution is 1.93. The largest absolute Gasteiger partial charge is 0.743 e. The minimum absolute atomic E-state index is 0.750. The molecule has 0 bridgehead atoms. The Hall–Kier alpha value is -0.310. The summed E-state index contributed by atoms with van der Waals surface area (Å²) in [5, 5.41) is 0.750. The maximum absolute atomic E-state index is 4.80. The van der Waals surface area contributed by atoms with Crippen LogP contribution in [0.1, 0.15) is 0 Å². The van der Waals surface area contributed by atoms with E-state index in [9.17, 15) is 0 Å². The Bertz CT molecular complexity index is 99.9. The summed E-state index contributed by atoms with van der Waals surface area (Å²) in [6.45, 7) is 1.88. The van der Waals surface area contributed by atoms with Crippen molar-refractivity contribution in [2.45, 2.75) is 0 Å². The summed E-state index contributed by atoms with van der Waals surface area (Å²) in [6.07, 6.45) is 0. The van der Waals surface area contributed by atoms with Crippen molar-refractivity contribution in [3.63, 3.8) is 0 Å². The zero-order valence-electron chi connectivity index (χ0n) is 4.22. The molecule has 40 valence electrons. The molecule has 1 aliphatic rings. The van der Waals surface area contributed by atoms with Crippen molar-refractivity contribution >= 4 is 17.8 Å². The first-order valence-corrected chi connectivity index (χ1v) is 2.64. The van der Waals surface area contributed by atoms with Crippen LogP contribution in [0.3, 0.4) is 0 Å². The normalized spacial score (nSPS) is 20.1. The van der Waals surface area contributed by atoms with Crippen LogP contribution in [-0.2, 0) is 12.6 Å². The third-order valence-corrected chi connectivity index (χ3v) is 1.45. The molecule has 0 aliphatic carbocycles. The third-order valence-electron chi connectivity index (χ3n) is 1.01. The van der Waals surface area contributed by atoms with Gasteiger partial charge in [0.05, 0.1) is 6.54 Å². The van der Waals surface area contributed by atoms with Crippen LogP contribution in [0.25, 0.3) is 0 Å². The van der Waals surface area contributed by atoms with Gasteiger partial charge in [-0.05, 0) is 5.17 Å². The van der Waals surface area contributed by atoms with Crippen molar-refractivity contribution in [1.82, 2.24) is 4.90 Å². The van der Waals surface area contributed by atoms with Crippen LogP contribution in [-0.4, -0.2) is 30.2 Å². The monoisotopic (exact) mass is 115 g/mol. The molecule has 0 radical (unpaired) electrons. The van der Waals surface area contributed by atoms with Crippen molar-refractivity contribution in [1.29, 1.82) is 0 Å². The lowest BCUT2D eigenvalue weighted by atomic mass is 10.6. The fourth-order valence-electron chi connectivity index (χ4n) is 0.512. The average molecular weight is 115 g/mol. The van der Waals surface area contributed by atoms with Crippen molar-refractivity contribution < 1.29 is 0 Å². The number of likely N-dealkylation sites (N-methyl/N-ethyl adjacent to an activating group) is 1. The van der Waals surface area contributed by atoms with E-state index >= 15 is 0 Å². The van der Waals surface area contributed by atoms with Crippen molar-refractivity contribution in [3.05, 3.63) is 0 Å². The minimum atomic E-state index is 0.750. The molecule has 0 aromatic rings. The first kappa shape index (κ1) is 4.84. The molecule has 0 saturated carbocycles. The molecule has 1 rings (SSSR count). The maximum Gasteiger partial charge on any atom is 0.0563 e. The van der Waals surface area contributed by atoms with Crippen LogP contribution in [0.4, 0.5) is 0 Å². The van der Waals surface area contributed by atoms with Crippen LogP contribution in [0, 0.1) is 0 Å². The summed E-state index contributed by atoms with van der Waals surface area (Å²) >= 11 is 4.80. The Labute approximate surface area is 48.6 Å². The third kappa shape index (κ3) is 0.825. The highest BCUT2D eigenvalue weighted by Gasteiger charge is 1.97. The van der Waals surface area contributed by atoms with Crippen molar-refractivity contribution in [2.24, 2.45) is 4.99 Å². The van der Waals surface area contributed by atoms with Gasteiger partial charge in [-0.15, -0.1) is 0 Å². The van der Waals surface area contributed by atoms with E-state index in [4.69, 9.17) is 12.6 Å². The Morgan fingerprint density at radius 1 is 1.86 bits per heavy atom. The Kier molecular flexibility index (Phi) is 1.15. The SMILES string of the molecule is CN1CCN=C1[S-]. The average Bonchev–Trinajstić information content (AvgIpc) is 1.91. The first-order valence-electron chi connectivity index (χ1n) is 2.23. The molecule has 2 nitrogen and oxygen atoms in total. The summed E-state index contributed by atoms with van der Waals surface area (Å²) in [7, 11) is 1.96. The van der Waals surface area contributed by atoms with Gasteiger partial charge in [0.1, 0.15) is 0 Å². The van der Waals surface area contributed by atoms with Gasteiger partial charge < -0.3 is 17.5 Å². The van der Waals surface area contributed by atoms with Gasteiger partial charge in [-0.2, -0.15) is 0 Å². The van der Waals surface area contributed by atoms with Gasteiger partial charge in [0.2, 0.25) is 0 Å². The first-order chi connectivity index (χ1) is 3.30. The molecule has 1 aliphatic heterocycles. The maximum atomic E-state index is 4.80. The van der Waals surface area contributed by atoms with Crippen LogP contribution >= 0.6 is 0 Å². The van der Waals surface area contributed by atoms with Gasteiger partial charge in [-0.25, -0.2) is 0 Å². The van der Waals surface area contributed by atoms with E-state index in [0.717, 1.165) is 18.3 Å². The van der Waals surface area contributed by atoms with Crippen LogP contribution in [0.5, 0.6) is 0 Å². The molecular weight excluding hydrogens is 108 g/mol. The Balaban J connectivity index is 2.54. The Morgan fingerprint density at radius 3 is 2.71 bits per heavy atom. The zero-order valence-corrected chi connectivity index (χ0v) is 5.03. The van der Waals surface area contributed by atoms with Gasteiger partial charge >= 0.3 is 0 Å². The fraction of sp³-hybridized carbons (Fsp3) is 0.750. The summed E-state index contributed by atoms with van der Waals surface area (Å²) in [5.74, 6) is 0. The second-order valence-corrected chi connectivity index (χ2v) is 1.95. The molecule has 0 N–H and O–H groups in total. The molecule has 0 saturated heterocycles. The number of hydrogen-bond donors (Lipinski definition) is 0. The predicted octanol–water partition coefficient (Wildman–Crippen LogP) is -0.165. The zero-order chi connectivity index (χ0) is 5.28. The molecule has 0 aromatic heterocycles. The highest BCUT2D eigenvalue weighted by atomic mass is 32.1. The van der Waals surface area contributed by atoms with E-state index < -0.39 is 0 Å². The van der Waals surface area contributed by atoms with Gasteiger partial charge in [-0.3, -0.25) is 4.99 Å². The second-order valence-electron chi connectivity index (χ2n) is 1.59. The lowest BCUT2D eigenvalue weighted by Gasteiger charge is -2.16. The van der Waals surface area contributed by atoms with Crippen molar-refractivity contribution in [2.75, 3.05) is 20.1 Å². The van der Waals surface area contributed by atoms with Crippen LogP contribution in [0.2, 0.25) is 0 Å². The van der Waals surface area contributed by atoms with E-state index in [1.165, 1.54) is 0 Å². The van der Waals surface area contributed by atoms with Gasteiger partial charge in [0, 0.05) is 13.6 Å². The molecule has 0 fully saturated rings. The van der Waals surface area contributed by atoms with E-state index in [1.807, 2.05) is 11.9 Å². The lowest BCUT2D eigenvalue weighted by molar-refractivity contribution is 0.565. The summed E-state index contributed by atoms with van der Waals surface area (Å²) in [6, 6.07) is 0. The second kappa shape index (κ2) is 1.66. The van der Waals surface area contributed by atoms with E-state index in [1.54, 1.807) is 0 Å². The van der Waals surface area contributed by atoms with Crippen molar-refractivity contribution in [3.8, 4) is 0 Å². The van der Waals surface area contributed by atoms with Gasteiger partial charge in [-0.1, -0.05) is 0 Å². The molecular formula is C4H7N2S-. The standard InChI is InChI=1S/C4H8N2S/c1-6-3-2-5-4(6)7/h2-3H2,1H3,(H,5,7)/p-1. The van der Waals surface area contributed by atoms with E-state index in [0.29, 0.717) is 0 Å². The minimum Gasteiger partial charge on any atom is -0.743 e. The molecule has 0 spiro atoms. The van der Waals surface area contributed by atoms with E-state index in [-0.39, 0.29) is 0 Å². The molecule has 1 heterocycles. The number of amidine groups is 1. The predicted molar refractivity (Wildman–Crippen MR) is 32.3 cm³/mol. The number of nitrogens with zero attached hydrogens (tertiary/aromatic N) is 2. The molecule has 0 amide bonds. The van der Waals surface area contributed by atoms with Gasteiger partial charge in [0.15, 0.2) is 0 Å². The molecule has 0 unspecified atom stereocenters. The number of rotatable bonds is 0. The Morgan fingerprint density at radius 2 is 2.57 bits per heavy atom. The smallest absolute Gasteiger partial charge is 0.0563 e. The number of hydrogen-bond acceptors (Lipinski definition) is 3. The number of aliphatic imine (C=N–C) groups is 1. The molecule has 0 atom stereocenters. The molecule has 0 aromatic carbocycles. The quantitative estimate of drug-likeness (QED) is 0.407. The van der Waals surface area contributed by atoms with Crippen LogP contribution < -0.4 is 0 Å². The highest BCUT2D eigenvalue weighted by molar-refractivity contribution is 7.77. The van der Waals surface area contributed by atoms with Gasteiger partial charge in [0.25, 0.3) is 0 Å². The topological polar surface area (TPSA) is 15.6 Å². The summed E-state index contributed by atoms with van der Waals surface area (Å²) in [5.41, 5.74) is 0. The van der Waals surface area contributed by atoms with E-state index in [2.05, 4.69) is 4.99 Å². The lowest BCUT2D eigenvalue weighted by Crippen LogP contribution is -2.19. The molecule has 7 heavy (non-hydrogen) atoms. The fourth-order valence-corrected chi connectivity index (χ4v) is 0.695.